The molecule has 1 aliphatic rings. The molecule has 21 heavy (non-hydrogen) atoms. The fourth-order valence-corrected chi connectivity index (χ4v) is 2.62. The molecular formula is C15H22Cl2N2O2. The summed E-state index contributed by atoms with van der Waals surface area (Å²) >= 11 is 6.02. The van der Waals surface area contributed by atoms with Crippen LogP contribution in [0.3, 0.4) is 0 Å². The van der Waals surface area contributed by atoms with Crippen LogP contribution in [0.5, 0.6) is 5.75 Å². The summed E-state index contributed by atoms with van der Waals surface area (Å²) in [5.41, 5.74) is 5.82. The minimum absolute atomic E-state index is 0. The molecule has 0 heterocycles. The molecule has 1 saturated carbocycles. The molecule has 0 radical (unpaired) electrons. The van der Waals surface area contributed by atoms with E-state index in [9.17, 15) is 4.79 Å². The number of halogens is 2. The van der Waals surface area contributed by atoms with Crippen LogP contribution in [0.25, 0.3) is 0 Å². The summed E-state index contributed by atoms with van der Waals surface area (Å²) in [6.07, 6.45) is 2.47. The van der Waals surface area contributed by atoms with E-state index in [0.29, 0.717) is 17.3 Å². The average molecular weight is 333 g/mol. The zero-order valence-electron chi connectivity index (χ0n) is 12.0. The molecule has 0 spiro atoms. The van der Waals surface area contributed by atoms with E-state index in [4.69, 9.17) is 22.1 Å². The first-order valence-electron chi connectivity index (χ1n) is 7.00. The summed E-state index contributed by atoms with van der Waals surface area (Å²) in [6.45, 7) is 2.37. The zero-order valence-corrected chi connectivity index (χ0v) is 13.6. The Hall–Kier alpha value is -0.970. The standard InChI is InChI=1S/C15H21ClN2O2.ClH/c1-10(20-14-5-3-2-4-13(14)16)9-18-15(19)11-6-7-12(17)8-11;/h2-5,10-12H,6-9,17H2,1H3,(H,18,19);1H. The average Bonchev–Trinajstić information content (AvgIpc) is 2.85. The molecule has 6 heteroatoms. The molecule has 3 atom stereocenters. The number of rotatable bonds is 5. The van der Waals surface area contributed by atoms with E-state index in [1.807, 2.05) is 25.1 Å². The maximum absolute atomic E-state index is 12.0. The quantitative estimate of drug-likeness (QED) is 0.871. The van der Waals surface area contributed by atoms with Crippen molar-refractivity contribution in [3.05, 3.63) is 29.3 Å². The van der Waals surface area contributed by atoms with Gasteiger partial charge in [-0.15, -0.1) is 12.4 Å². The van der Waals surface area contributed by atoms with Gasteiger partial charge in [0.25, 0.3) is 0 Å². The van der Waals surface area contributed by atoms with Crippen LogP contribution in [0.2, 0.25) is 5.02 Å². The fraction of sp³-hybridized carbons (Fsp3) is 0.533. The number of carbonyl (C=O) groups excluding carboxylic acids is 1. The van der Waals surface area contributed by atoms with Crippen molar-refractivity contribution >= 4 is 29.9 Å². The molecule has 3 N–H and O–H groups in total. The topological polar surface area (TPSA) is 64.4 Å². The third kappa shape index (κ3) is 5.38. The van der Waals surface area contributed by atoms with E-state index in [2.05, 4.69) is 5.32 Å². The first-order chi connectivity index (χ1) is 9.56. The van der Waals surface area contributed by atoms with Gasteiger partial charge in [-0.3, -0.25) is 4.79 Å². The number of amides is 1. The molecule has 1 aromatic rings. The molecule has 1 aliphatic carbocycles. The second-order valence-corrected chi connectivity index (χ2v) is 5.78. The maximum Gasteiger partial charge on any atom is 0.223 e. The lowest BCUT2D eigenvalue weighted by molar-refractivity contribution is -0.125. The van der Waals surface area contributed by atoms with Crippen molar-refractivity contribution in [2.75, 3.05) is 6.54 Å². The summed E-state index contributed by atoms with van der Waals surface area (Å²) in [5, 5.41) is 3.50. The molecule has 118 valence electrons. The van der Waals surface area contributed by atoms with Crippen molar-refractivity contribution < 1.29 is 9.53 Å². The molecule has 0 aromatic heterocycles. The number of hydrogen-bond acceptors (Lipinski definition) is 3. The SMILES string of the molecule is CC(CNC(=O)C1CCC(N)C1)Oc1ccccc1Cl.Cl. The van der Waals surface area contributed by atoms with Crippen LogP contribution in [0.1, 0.15) is 26.2 Å². The van der Waals surface area contributed by atoms with E-state index < -0.39 is 0 Å². The lowest BCUT2D eigenvalue weighted by Crippen LogP contribution is -2.37. The van der Waals surface area contributed by atoms with Gasteiger partial charge in [-0.25, -0.2) is 0 Å². The highest BCUT2D eigenvalue weighted by Gasteiger charge is 2.27. The smallest absolute Gasteiger partial charge is 0.223 e. The molecule has 0 bridgehead atoms. The highest BCUT2D eigenvalue weighted by Crippen LogP contribution is 2.25. The maximum atomic E-state index is 12.0. The minimum atomic E-state index is -0.131. The van der Waals surface area contributed by atoms with Crippen LogP contribution < -0.4 is 15.8 Å². The predicted molar refractivity (Wildman–Crippen MR) is 87.1 cm³/mol. The lowest BCUT2D eigenvalue weighted by Gasteiger charge is -2.17. The molecule has 0 saturated heterocycles. The minimum Gasteiger partial charge on any atom is -0.487 e. The number of benzene rings is 1. The molecular weight excluding hydrogens is 311 g/mol. The number of nitrogens with one attached hydrogen (secondary N) is 1. The van der Waals surface area contributed by atoms with Crippen LogP contribution in [0.15, 0.2) is 24.3 Å². The van der Waals surface area contributed by atoms with Gasteiger partial charge in [0.05, 0.1) is 11.6 Å². The van der Waals surface area contributed by atoms with Crippen LogP contribution in [0.4, 0.5) is 0 Å². The van der Waals surface area contributed by atoms with E-state index in [1.165, 1.54) is 0 Å². The van der Waals surface area contributed by atoms with Gasteiger partial charge in [-0.2, -0.15) is 0 Å². The summed E-state index contributed by atoms with van der Waals surface area (Å²) in [4.78, 5) is 12.0. The Morgan fingerprint density at radius 3 is 2.81 bits per heavy atom. The first-order valence-corrected chi connectivity index (χ1v) is 7.38. The molecule has 1 fully saturated rings. The van der Waals surface area contributed by atoms with Gasteiger partial charge in [0.2, 0.25) is 5.91 Å². The first kappa shape index (κ1) is 18.1. The van der Waals surface area contributed by atoms with Crippen LogP contribution in [-0.2, 0) is 4.79 Å². The molecule has 0 aliphatic heterocycles. The molecule has 2 rings (SSSR count). The zero-order chi connectivity index (χ0) is 14.5. The Labute approximate surface area is 136 Å². The second kappa shape index (κ2) is 8.47. The van der Waals surface area contributed by atoms with Gasteiger partial charge in [-0.05, 0) is 38.3 Å². The van der Waals surface area contributed by atoms with Gasteiger partial charge in [0, 0.05) is 12.0 Å². The predicted octanol–water partition coefficient (Wildman–Crippen LogP) is 2.77. The van der Waals surface area contributed by atoms with E-state index in [0.717, 1.165) is 19.3 Å². The Balaban J connectivity index is 0.00000220. The Kier molecular flexibility index (Phi) is 7.29. The molecule has 4 nitrogen and oxygen atoms in total. The lowest BCUT2D eigenvalue weighted by atomic mass is 10.1. The second-order valence-electron chi connectivity index (χ2n) is 5.37. The Morgan fingerprint density at radius 1 is 1.48 bits per heavy atom. The van der Waals surface area contributed by atoms with Crippen molar-refractivity contribution in [3.63, 3.8) is 0 Å². The van der Waals surface area contributed by atoms with Crippen molar-refractivity contribution in [1.29, 1.82) is 0 Å². The van der Waals surface area contributed by atoms with Gasteiger partial charge in [-0.1, -0.05) is 23.7 Å². The van der Waals surface area contributed by atoms with E-state index in [-0.39, 0.29) is 36.4 Å². The van der Waals surface area contributed by atoms with Gasteiger partial charge in [0.15, 0.2) is 0 Å². The third-order valence-corrected chi connectivity index (χ3v) is 3.88. The van der Waals surface area contributed by atoms with Gasteiger partial charge >= 0.3 is 0 Å². The summed E-state index contributed by atoms with van der Waals surface area (Å²) in [5.74, 6) is 0.767. The van der Waals surface area contributed by atoms with Crippen LogP contribution in [0, 0.1) is 5.92 Å². The van der Waals surface area contributed by atoms with Gasteiger partial charge in [0.1, 0.15) is 11.9 Å². The Bertz CT molecular complexity index is 471. The summed E-state index contributed by atoms with van der Waals surface area (Å²) in [7, 11) is 0. The number of nitrogens with two attached hydrogens (primary N) is 1. The third-order valence-electron chi connectivity index (χ3n) is 3.57. The van der Waals surface area contributed by atoms with E-state index in [1.54, 1.807) is 6.07 Å². The largest absolute Gasteiger partial charge is 0.487 e. The highest BCUT2D eigenvalue weighted by molar-refractivity contribution is 6.32. The van der Waals surface area contributed by atoms with Crippen molar-refractivity contribution in [2.24, 2.45) is 11.7 Å². The Morgan fingerprint density at radius 2 is 2.19 bits per heavy atom. The summed E-state index contributed by atoms with van der Waals surface area (Å²) < 4.78 is 5.71. The van der Waals surface area contributed by atoms with Crippen molar-refractivity contribution in [3.8, 4) is 5.75 Å². The number of hydrogen-bond donors (Lipinski definition) is 2. The summed E-state index contributed by atoms with van der Waals surface area (Å²) in [6, 6.07) is 7.48. The monoisotopic (exact) mass is 332 g/mol. The van der Waals surface area contributed by atoms with Crippen LogP contribution in [-0.4, -0.2) is 24.6 Å². The number of ether oxygens (including phenoxy) is 1. The highest BCUT2D eigenvalue weighted by atomic mass is 35.5. The molecule has 3 unspecified atom stereocenters. The molecule has 1 amide bonds. The number of carbonyl (C=O) groups is 1. The van der Waals surface area contributed by atoms with Gasteiger partial charge < -0.3 is 15.8 Å². The van der Waals surface area contributed by atoms with Crippen LogP contribution >= 0.6 is 24.0 Å². The number of para-hydroxylation sites is 1. The molecule has 1 aromatic carbocycles. The van der Waals surface area contributed by atoms with Crippen molar-refractivity contribution in [2.45, 2.75) is 38.3 Å². The van der Waals surface area contributed by atoms with Crippen molar-refractivity contribution in [1.82, 2.24) is 5.32 Å². The fourth-order valence-electron chi connectivity index (χ4n) is 2.44. The van der Waals surface area contributed by atoms with E-state index >= 15 is 0 Å². The normalized spacial score (nSPS) is 22.2.